The fourth-order valence-electron chi connectivity index (χ4n) is 2.38. The number of halogens is 1. The third-order valence-corrected chi connectivity index (χ3v) is 4.66. The molecule has 0 amide bonds. The molecule has 2 N–H and O–H groups in total. The fraction of sp³-hybridized carbons (Fsp3) is 0.222. The number of rotatable bonds is 8. The van der Waals surface area contributed by atoms with Crippen LogP contribution in [0, 0.1) is 0 Å². The van der Waals surface area contributed by atoms with Crippen molar-refractivity contribution in [3.05, 3.63) is 69.3 Å². The first-order chi connectivity index (χ1) is 11.8. The Bertz CT molecular complexity index is 757. The lowest BCUT2D eigenvalue weighted by Crippen LogP contribution is -2.80. The van der Waals surface area contributed by atoms with E-state index in [0.717, 1.165) is 29.3 Å². The van der Waals surface area contributed by atoms with Gasteiger partial charge in [-0.25, -0.2) is 0 Å². The van der Waals surface area contributed by atoms with Gasteiger partial charge in [0.05, 0.1) is 18.4 Å². The number of ether oxygens (including phenoxy) is 2. The van der Waals surface area contributed by atoms with Crippen LogP contribution in [0.25, 0.3) is 0 Å². The van der Waals surface area contributed by atoms with Crippen LogP contribution in [0.4, 0.5) is 0 Å². The molecule has 0 saturated heterocycles. The highest BCUT2D eigenvalue weighted by atomic mass is 35.5. The average Bonchev–Trinajstić information content (AvgIpc) is 3.27. The van der Waals surface area contributed by atoms with E-state index < -0.39 is 0 Å². The van der Waals surface area contributed by atoms with Gasteiger partial charge in [0.15, 0.2) is 17.3 Å². The van der Waals surface area contributed by atoms with E-state index in [-0.39, 0.29) is 0 Å². The third-order valence-electron chi connectivity index (χ3n) is 3.53. The van der Waals surface area contributed by atoms with Gasteiger partial charge in [-0.05, 0) is 35.7 Å². The summed E-state index contributed by atoms with van der Waals surface area (Å²) in [5.74, 6) is 2.19. The number of hydrogen-bond donors (Lipinski definition) is 1. The summed E-state index contributed by atoms with van der Waals surface area (Å²) in [6, 6.07) is 11.8. The maximum atomic E-state index is 6.40. The highest BCUT2D eigenvalue weighted by Crippen LogP contribution is 2.37. The van der Waals surface area contributed by atoms with Gasteiger partial charge in [-0.3, -0.25) is 0 Å². The topological polar surface area (TPSA) is 48.2 Å². The lowest BCUT2D eigenvalue weighted by Gasteiger charge is -2.13. The smallest absolute Gasteiger partial charge is 0.180 e. The predicted molar refractivity (Wildman–Crippen MR) is 94.7 cm³/mol. The summed E-state index contributed by atoms with van der Waals surface area (Å²) in [4.78, 5) is 1.14. The van der Waals surface area contributed by atoms with Crippen molar-refractivity contribution in [3.8, 4) is 11.5 Å². The molecule has 0 aliphatic carbocycles. The number of quaternary nitrogens is 1. The van der Waals surface area contributed by atoms with E-state index in [1.165, 1.54) is 0 Å². The summed E-state index contributed by atoms with van der Waals surface area (Å²) in [7, 11) is 1.63. The zero-order valence-electron chi connectivity index (χ0n) is 13.3. The highest BCUT2D eigenvalue weighted by molar-refractivity contribution is 7.09. The van der Waals surface area contributed by atoms with Gasteiger partial charge in [-0.15, -0.1) is 11.3 Å². The highest BCUT2D eigenvalue weighted by Gasteiger charge is 2.13. The van der Waals surface area contributed by atoms with E-state index in [4.69, 9.17) is 25.5 Å². The molecule has 0 spiro atoms. The molecule has 6 heteroatoms. The van der Waals surface area contributed by atoms with E-state index in [2.05, 4.69) is 5.32 Å². The standard InChI is InChI=1S/C18H18ClNO3S/c1-21-17-9-13(10-20-11-14-4-2-6-22-14)8-16(19)18(17)23-12-15-5-3-7-24-15/h2-9,20H,10-12H2,1H3/p+1. The first kappa shape index (κ1) is 16.9. The molecule has 0 atom stereocenters. The van der Waals surface area contributed by atoms with Crippen LogP contribution >= 0.6 is 22.9 Å². The van der Waals surface area contributed by atoms with Gasteiger partial charge in [0.1, 0.15) is 19.7 Å². The van der Waals surface area contributed by atoms with Crippen LogP contribution in [0.2, 0.25) is 5.02 Å². The van der Waals surface area contributed by atoms with Gasteiger partial charge in [0.2, 0.25) is 0 Å². The van der Waals surface area contributed by atoms with E-state index in [1.807, 2.05) is 41.8 Å². The molecule has 0 fully saturated rings. The van der Waals surface area contributed by atoms with E-state index in [1.54, 1.807) is 24.7 Å². The van der Waals surface area contributed by atoms with Crippen molar-refractivity contribution in [2.45, 2.75) is 19.7 Å². The van der Waals surface area contributed by atoms with Crippen LogP contribution in [0.3, 0.4) is 0 Å². The van der Waals surface area contributed by atoms with Gasteiger partial charge >= 0.3 is 0 Å². The van der Waals surface area contributed by atoms with Crippen molar-refractivity contribution >= 4 is 22.9 Å². The molecule has 1 aromatic carbocycles. The van der Waals surface area contributed by atoms with Gasteiger partial charge in [-0.1, -0.05) is 17.7 Å². The zero-order valence-corrected chi connectivity index (χ0v) is 14.9. The zero-order chi connectivity index (χ0) is 16.8. The molecule has 3 aromatic rings. The number of benzene rings is 1. The van der Waals surface area contributed by atoms with Gasteiger partial charge < -0.3 is 19.2 Å². The Kier molecular flexibility index (Phi) is 5.80. The predicted octanol–water partition coefficient (Wildman–Crippen LogP) is 3.85. The Morgan fingerprint density at radius 1 is 1.21 bits per heavy atom. The monoisotopic (exact) mass is 364 g/mol. The molecule has 126 valence electrons. The van der Waals surface area contributed by atoms with Gasteiger partial charge in [0.25, 0.3) is 0 Å². The summed E-state index contributed by atoms with van der Waals surface area (Å²) in [5, 5.41) is 4.73. The SMILES string of the molecule is COc1cc(C[NH2+]Cc2ccco2)cc(Cl)c1OCc1cccs1. The second-order valence-corrected chi connectivity index (χ2v) is 6.69. The minimum Gasteiger partial charge on any atom is -0.493 e. The minimum atomic E-state index is 0.484. The molecule has 3 rings (SSSR count). The Labute approximate surface area is 150 Å². The lowest BCUT2D eigenvalue weighted by atomic mass is 10.2. The van der Waals surface area contributed by atoms with Crippen molar-refractivity contribution in [1.82, 2.24) is 0 Å². The summed E-state index contributed by atoms with van der Waals surface area (Å²) in [6.45, 7) is 2.04. The molecule has 0 aliphatic rings. The molecule has 4 nitrogen and oxygen atoms in total. The molecule has 0 aliphatic heterocycles. The maximum absolute atomic E-state index is 6.40. The molecule has 24 heavy (non-hydrogen) atoms. The maximum Gasteiger partial charge on any atom is 0.180 e. The Hall–Kier alpha value is -1.95. The molecule has 2 aromatic heterocycles. The number of furan rings is 1. The Balaban J connectivity index is 1.65. The molecular weight excluding hydrogens is 346 g/mol. The molecular formula is C18H19ClNO3S+. The van der Waals surface area contributed by atoms with Crippen molar-refractivity contribution in [2.24, 2.45) is 0 Å². The fourth-order valence-corrected chi connectivity index (χ4v) is 3.28. The molecule has 2 heterocycles. The quantitative estimate of drug-likeness (QED) is 0.660. The molecule has 0 unspecified atom stereocenters. The van der Waals surface area contributed by atoms with Crippen LogP contribution in [0.15, 0.2) is 52.5 Å². The van der Waals surface area contributed by atoms with Crippen LogP contribution in [-0.4, -0.2) is 7.11 Å². The Morgan fingerprint density at radius 2 is 2.12 bits per heavy atom. The van der Waals surface area contributed by atoms with Crippen molar-refractivity contribution < 1.29 is 19.2 Å². The van der Waals surface area contributed by atoms with E-state index in [9.17, 15) is 0 Å². The number of methoxy groups -OCH3 is 1. The lowest BCUT2D eigenvalue weighted by molar-refractivity contribution is -0.688. The van der Waals surface area contributed by atoms with Gasteiger partial charge in [-0.2, -0.15) is 0 Å². The largest absolute Gasteiger partial charge is 0.493 e. The van der Waals surface area contributed by atoms with Crippen LogP contribution in [-0.2, 0) is 19.7 Å². The van der Waals surface area contributed by atoms with Crippen LogP contribution in [0.5, 0.6) is 11.5 Å². The second-order valence-electron chi connectivity index (χ2n) is 5.25. The molecule has 0 bridgehead atoms. The minimum absolute atomic E-state index is 0.484. The van der Waals surface area contributed by atoms with Gasteiger partial charge in [0, 0.05) is 10.4 Å². The molecule has 0 saturated carbocycles. The van der Waals surface area contributed by atoms with Crippen molar-refractivity contribution in [3.63, 3.8) is 0 Å². The van der Waals surface area contributed by atoms with E-state index in [0.29, 0.717) is 23.1 Å². The number of hydrogen-bond acceptors (Lipinski definition) is 4. The second kappa shape index (κ2) is 8.24. The van der Waals surface area contributed by atoms with Crippen LogP contribution < -0.4 is 14.8 Å². The summed E-state index contributed by atoms with van der Waals surface area (Å²) >= 11 is 8.05. The summed E-state index contributed by atoms with van der Waals surface area (Å²) in [5.41, 5.74) is 1.08. The third kappa shape index (κ3) is 4.32. The van der Waals surface area contributed by atoms with Crippen molar-refractivity contribution in [2.75, 3.05) is 7.11 Å². The average molecular weight is 365 g/mol. The first-order valence-corrected chi connectivity index (χ1v) is 8.87. The summed E-state index contributed by atoms with van der Waals surface area (Å²) in [6.07, 6.45) is 1.68. The summed E-state index contributed by atoms with van der Waals surface area (Å²) < 4.78 is 16.6. The number of thiophene rings is 1. The van der Waals surface area contributed by atoms with Crippen molar-refractivity contribution in [1.29, 1.82) is 0 Å². The first-order valence-electron chi connectivity index (χ1n) is 7.62. The van der Waals surface area contributed by atoms with Crippen LogP contribution in [0.1, 0.15) is 16.2 Å². The number of nitrogens with two attached hydrogens (primary N) is 1. The Morgan fingerprint density at radius 3 is 2.83 bits per heavy atom. The normalized spacial score (nSPS) is 10.8. The molecule has 0 radical (unpaired) electrons. The van der Waals surface area contributed by atoms with E-state index >= 15 is 0 Å².